The molecular formula is C23H31N7O2S. The second-order valence-corrected chi connectivity index (χ2v) is 8.04. The predicted molar refractivity (Wildman–Crippen MR) is 135 cm³/mol. The molecule has 1 aliphatic heterocycles. The number of aromatic nitrogens is 2. The number of hydrogen-bond acceptors (Lipinski definition) is 5. The summed E-state index contributed by atoms with van der Waals surface area (Å²) in [5.74, 6) is 0.991. The van der Waals surface area contributed by atoms with Gasteiger partial charge in [-0.15, -0.1) is 0 Å². The third-order valence-electron chi connectivity index (χ3n) is 5.16. The fourth-order valence-corrected chi connectivity index (χ4v) is 3.76. The van der Waals surface area contributed by atoms with E-state index in [4.69, 9.17) is 17.0 Å². The Bertz CT molecular complexity index is 999. The molecule has 1 saturated heterocycles. The molecule has 0 spiro atoms. The van der Waals surface area contributed by atoms with Gasteiger partial charge in [0.15, 0.2) is 0 Å². The second-order valence-electron chi connectivity index (χ2n) is 7.65. The lowest BCUT2D eigenvalue weighted by atomic mass is 10.1. The molecule has 1 aromatic heterocycles. The van der Waals surface area contributed by atoms with Crippen LogP contribution >= 0.6 is 12.2 Å². The lowest BCUT2D eigenvalue weighted by Gasteiger charge is -2.35. The number of ether oxygens (including phenoxy) is 1. The molecule has 0 aliphatic carbocycles. The third kappa shape index (κ3) is 6.85. The van der Waals surface area contributed by atoms with Crippen molar-refractivity contribution in [3.05, 3.63) is 47.3 Å². The summed E-state index contributed by atoms with van der Waals surface area (Å²) in [6.45, 7) is 10.3. The number of hydrogen-bond donors (Lipinski definition) is 2. The van der Waals surface area contributed by atoms with Gasteiger partial charge < -0.3 is 19.9 Å². The quantitative estimate of drug-likeness (QED) is 0.399. The number of carbonyl (C=O) groups is 1. The Kier molecular flexibility index (Phi) is 8.53. The smallest absolute Gasteiger partial charge is 0.409 e. The largest absolute Gasteiger partial charge is 0.450 e. The first-order chi connectivity index (χ1) is 15.9. The van der Waals surface area contributed by atoms with Gasteiger partial charge in [0, 0.05) is 43.3 Å². The van der Waals surface area contributed by atoms with Gasteiger partial charge in [0.1, 0.15) is 0 Å². The van der Waals surface area contributed by atoms with Crippen LogP contribution in [0.15, 0.2) is 35.3 Å². The lowest BCUT2D eigenvalue weighted by molar-refractivity contribution is 0.0920. The predicted octanol–water partition coefficient (Wildman–Crippen LogP) is 3.59. The molecule has 33 heavy (non-hydrogen) atoms. The van der Waals surface area contributed by atoms with Gasteiger partial charge in [-0.25, -0.2) is 14.8 Å². The van der Waals surface area contributed by atoms with Gasteiger partial charge in [-0.2, -0.15) is 4.99 Å². The molecule has 1 aliphatic rings. The summed E-state index contributed by atoms with van der Waals surface area (Å²) in [5, 5.41) is 6.80. The number of aliphatic imine (C=N–C) groups is 1. The Morgan fingerprint density at radius 3 is 2.33 bits per heavy atom. The molecule has 0 radical (unpaired) electrons. The van der Waals surface area contributed by atoms with Crippen LogP contribution in [0.1, 0.15) is 30.8 Å². The molecule has 0 unspecified atom stereocenters. The van der Waals surface area contributed by atoms with Crippen molar-refractivity contribution in [2.75, 3.05) is 43.4 Å². The molecule has 1 fully saturated rings. The number of amides is 1. The summed E-state index contributed by atoms with van der Waals surface area (Å²) in [7, 11) is 0. The SMILES string of the molecule is CCOC(=O)N1CCN(/C(=N\C(=S)Nc2ccccc2CC)Nc2nc(C)cc(C)n2)CC1. The maximum absolute atomic E-state index is 12.1. The number of piperazine rings is 1. The molecular weight excluding hydrogens is 438 g/mol. The average Bonchev–Trinajstić information content (AvgIpc) is 2.78. The van der Waals surface area contributed by atoms with Crippen LogP contribution in [0.2, 0.25) is 0 Å². The van der Waals surface area contributed by atoms with Gasteiger partial charge in [0.25, 0.3) is 0 Å². The minimum absolute atomic E-state index is 0.297. The van der Waals surface area contributed by atoms with Crippen molar-refractivity contribution in [2.45, 2.75) is 34.1 Å². The van der Waals surface area contributed by atoms with Crippen molar-refractivity contribution in [2.24, 2.45) is 4.99 Å². The summed E-state index contributed by atoms with van der Waals surface area (Å²) >= 11 is 5.57. The highest BCUT2D eigenvalue weighted by molar-refractivity contribution is 7.80. The van der Waals surface area contributed by atoms with Gasteiger partial charge in [0.2, 0.25) is 17.0 Å². The normalized spacial score (nSPS) is 14.1. The van der Waals surface area contributed by atoms with Crippen LogP contribution in [0.25, 0.3) is 0 Å². The molecule has 0 bridgehead atoms. The minimum Gasteiger partial charge on any atom is -0.450 e. The van der Waals surface area contributed by atoms with Crippen molar-refractivity contribution >= 4 is 41.0 Å². The van der Waals surface area contributed by atoms with Crippen molar-refractivity contribution < 1.29 is 9.53 Å². The number of thiocarbonyl (C=S) groups is 1. The maximum atomic E-state index is 12.1. The Balaban J connectivity index is 1.80. The number of aryl methyl sites for hydroxylation is 3. The average molecular weight is 470 g/mol. The molecule has 3 rings (SSSR count). The van der Waals surface area contributed by atoms with Gasteiger partial charge >= 0.3 is 6.09 Å². The molecule has 10 heteroatoms. The summed E-state index contributed by atoms with van der Waals surface area (Å²) < 4.78 is 5.12. The summed E-state index contributed by atoms with van der Waals surface area (Å²) in [6, 6.07) is 9.92. The number of para-hydroxylation sites is 1. The lowest BCUT2D eigenvalue weighted by Crippen LogP contribution is -2.52. The molecule has 0 saturated carbocycles. The van der Waals surface area contributed by atoms with Crippen LogP contribution in [-0.2, 0) is 11.2 Å². The molecule has 2 heterocycles. The molecule has 1 aromatic carbocycles. The van der Waals surface area contributed by atoms with E-state index in [0.29, 0.717) is 49.8 Å². The van der Waals surface area contributed by atoms with E-state index < -0.39 is 0 Å². The van der Waals surface area contributed by atoms with Gasteiger partial charge in [0.05, 0.1) is 6.61 Å². The number of nitrogens with zero attached hydrogens (tertiary/aromatic N) is 5. The minimum atomic E-state index is -0.297. The molecule has 0 atom stereocenters. The van der Waals surface area contributed by atoms with Gasteiger partial charge in [-0.05, 0) is 57.1 Å². The van der Waals surface area contributed by atoms with Crippen LogP contribution in [0, 0.1) is 13.8 Å². The highest BCUT2D eigenvalue weighted by atomic mass is 32.1. The van der Waals surface area contributed by atoms with Crippen molar-refractivity contribution in [1.29, 1.82) is 0 Å². The fraction of sp³-hybridized carbons (Fsp3) is 0.435. The van der Waals surface area contributed by atoms with Crippen LogP contribution in [0.5, 0.6) is 0 Å². The number of carbonyl (C=O) groups excluding carboxylic acids is 1. The van der Waals surface area contributed by atoms with Crippen molar-refractivity contribution in [1.82, 2.24) is 19.8 Å². The zero-order valence-electron chi connectivity index (χ0n) is 19.6. The van der Waals surface area contributed by atoms with E-state index in [1.54, 1.807) is 11.8 Å². The Morgan fingerprint density at radius 1 is 1.06 bits per heavy atom. The van der Waals surface area contributed by atoms with E-state index in [-0.39, 0.29) is 6.09 Å². The molecule has 176 valence electrons. The Labute approximate surface area is 200 Å². The Morgan fingerprint density at radius 2 is 1.70 bits per heavy atom. The van der Waals surface area contributed by atoms with Gasteiger partial charge in [-0.3, -0.25) is 5.32 Å². The zero-order valence-corrected chi connectivity index (χ0v) is 20.4. The summed E-state index contributed by atoms with van der Waals surface area (Å²) in [5.41, 5.74) is 3.80. The van der Waals surface area contributed by atoms with E-state index in [0.717, 1.165) is 29.1 Å². The van der Waals surface area contributed by atoms with E-state index in [1.165, 1.54) is 0 Å². The van der Waals surface area contributed by atoms with E-state index in [2.05, 4.69) is 38.6 Å². The first kappa shape index (κ1) is 24.4. The molecule has 2 N–H and O–H groups in total. The van der Waals surface area contributed by atoms with Crippen LogP contribution in [-0.4, -0.2) is 69.7 Å². The highest BCUT2D eigenvalue weighted by Crippen LogP contribution is 2.16. The second kappa shape index (κ2) is 11.6. The molecule has 2 aromatic rings. The van der Waals surface area contributed by atoms with Crippen LogP contribution in [0.3, 0.4) is 0 Å². The van der Waals surface area contributed by atoms with Crippen LogP contribution < -0.4 is 10.6 Å². The fourth-order valence-electron chi connectivity index (χ4n) is 3.57. The van der Waals surface area contributed by atoms with E-state index in [9.17, 15) is 4.79 Å². The molecule has 9 nitrogen and oxygen atoms in total. The van der Waals surface area contributed by atoms with Crippen molar-refractivity contribution in [3.8, 4) is 0 Å². The monoisotopic (exact) mass is 469 g/mol. The maximum Gasteiger partial charge on any atom is 0.409 e. The van der Waals surface area contributed by atoms with Crippen molar-refractivity contribution in [3.63, 3.8) is 0 Å². The number of anilines is 2. The zero-order chi connectivity index (χ0) is 23.8. The number of nitrogens with one attached hydrogen (secondary N) is 2. The standard InChI is InChI=1S/C23H31N7O2S/c1-5-18-9-7-8-10-19(18)26-22(33)28-21(27-20-24-16(3)15-17(4)25-20)29-11-13-30(14-12-29)23(31)32-6-2/h7-10,15H,5-6,11-14H2,1-4H3,(H2,24,25,26,27,28,33). The Hall–Kier alpha value is -3.27. The highest BCUT2D eigenvalue weighted by Gasteiger charge is 2.25. The topological polar surface area (TPSA) is 95.0 Å². The first-order valence-corrected chi connectivity index (χ1v) is 11.5. The first-order valence-electron chi connectivity index (χ1n) is 11.1. The molecule has 1 amide bonds. The van der Waals surface area contributed by atoms with Crippen LogP contribution in [0.4, 0.5) is 16.4 Å². The summed E-state index contributed by atoms with van der Waals surface area (Å²) in [4.78, 5) is 29.4. The number of guanidine groups is 1. The third-order valence-corrected chi connectivity index (χ3v) is 5.35. The van der Waals surface area contributed by atoms with E-state index >= 15 is 0 Å². The van der Waals surface area contributed by atoms with Gasteiger partial charge in [-0.1, -0.05) is 25.1 Å². The number of benzene rings is 1. The van der Waals surface area contributed by atoms with E-state index in [1.807, 2.05) is 43.0 Å². The summed E-state index contributed by atoms with van der Waals surface area (Å²) in [6.07, 6.45) is 0.585. The number of rotatable bonds is 4.